The van der Waals surface area contributed by atoms with E-state index in [1.54, 1.807) is 0 Å². The number of aliphatic carboxylic acids is 1. The quantitative estimate of drug-likeness (QED) is 0.719. The topological polar surface area (TPSA) is 57.6 Å². The molecule has 118 valence electrons. The van der Waals surface area contributed by atoms with Gasteiger partial charge in [-0.2, -0.15) is 0 Å². The molecule has 0 heterocycles. The minimum Gasteiger partial charge on any atom is -0.480 e. The van der Waals surface area contributed by atoms with E-state index in [2.05, 4.69) is 18.7 Å². The highest BCUT2D eigenvalue weighted by atomic mass is 32.2. The fourth-order valence-electron chi connectivity index (χ4n) is 2.21. The van der Waals surface area contributed by atoms with E-state index in [1.807, 2.05) is 30.3 Å². The number of hydrogen-bond donors (Lipinski definition) is 1. The molecule has 1 aromatic rings. The Hall–Kier alpha value is -1.20. The van der Waals surface area contributed by atoms with Crippen molar-refractivity contribution in [3.8, 4) is 0 Å². The van der Waals surface area contributed by atoms with Crippen LogP contribution in [0.15, 0.2) is 30.3 Å². The Morgan fingerprint density at radius 1 is 1.24 bits per heavy atom. The van der Waals surface area contributed by atoms with Gasteiger partial charge in [0, 0.05) is 23.1 Å². The van der Waals surface area contributed by atoms with Gasteiger partial charge in [-0.15, -0.1) is 0 Å². The summed E-state index contributed by atoms with van der Waals surface area (Å²) in [6.45, 7) is 6.59. The zero-order valence-electron chi connectivity index (χ0n) is 12.8. The molecule has 5 heteroatoms. The monoisotopic (exact) mass is 311 g/mol. The average molecular weight is 311 g/mol. The lowest BCUT2D eigenvalue weighted by atomic mass is 10.1. The van der Waals surface area contributed by atoms with Crippen LogP contribution in [-0.4, -0.2) is 50.8 Å². The number of aryl methyl sites for hydroxylation is 1. The predicted octanol–water partition coefficient (Wildman–Crippen LogP) is 2.16. The first-order valence-corrected chi connectivity index (χ1v) is 8.82. The van der Waals surface area contributed by atoms with Crippen LogP contribution in [0.4, 0.5) is 0 Å². The van der Waals surface area contributed by atoms with E-state index in [9.17, 15) is 14.1 Å². The van der Waals surface area contributed by atoms with Crippen LogP contribution in [0.3, 0.4) is 0 Å². The largest absolute Gasteiger partial charge is 0.480 e. The van der Waals surface area contributed by atoms with Crippen molar-refractivity contribution < 1.29 is 14.1 Å². The van der Waals surface area contributed by atoms with Gasteiger partial charge in [-0.3, -0.25) is 9.00 Å². The minimum atomic E-state index is -1.33. The first-order chi connectivity index (χ1) is 10.1. The van der Waals surface area contributed by atoms with Crippen LogP contribution in [0.1, 0.15) is 25.8 Å². The van der Waals surface area contributed by atoms with E-state index < -0.39 is 22.0 Å². The smallest absolute Gasteiger partial charge is 0.319 e. The Morgan fingerprint density at radius 2 is 1.86 bits per heavy atom. The van der Waals surface area contributed by atoms with Crippen molar-refractivity contribution >= 4 is 16.8 Å². The highest BCUT2D eigenvalue weighted by Crippen LogP contribution is 2.10. The second-order valence-electron chi connectivity index (χ2n) is 4.96. The number of carboxylic acid groups (broad SMARTS) is 1. The Bertz CT molecular complexity index is 446. The van der Waals surface area contributed by atoms with E-state index in [1.165, 1.54) is 0 Å². The van der Waals surface area contributed by atoms with Crippen molar-refractivity contribution in [3.05, 3.63) is 35.9 Å². The Balaban J connectivity index is 2.52. The highest BCUT2D eigenvalue weighted by Gasteiger charge is 2.24. The summed E-state index contributed by atoms with van der Waals surface area (Å²) in [5, 5.41) is 8.52. The maximum absolute atomic E-state index is 12.2. The number of benzene rings is 1. The van der Waals surface area contributed by atoms with Crippen molar-refractivity contribution in [1.82, 2.24) is 4.90 Å². The van der Waals surface area contributed by atoms with Crippen molar-refractivity contribution in [2.24, 2.45) is 0 Å². The molecule has 1 N–H and O–H groups in total. The van der Waals surface area contributed by atoms with Gasteiger partial charge in [0.1, 0.15) is 5.25 Å². The molecule has 0 aliphatic carbocycles. The molecule has 1 rings (SSSR count). The lowest BCUT2D eigenvalue weighted by Gasteiger charge is -2.19. The number of carbonyl (C=O) groups is 1. The summed E-state index contributed by atoms with van der Waals surface area (Å²) >= 11 is 0. The van der Waals surface area contributed by atoms with E-state index in [0.717, 1.165) is 18.7 Å². The summed E-state index contributed by atoms with van der Waals surface area (Å²) in [6, 6.07) is 9.74. The zero-order chi connectivity index (χ0) is 15.7. The zero-order valence-corrected chi connectivity index (χ0v) is 13.6. The molecular weight excluding hydrogens is 286 g/mol. The number of nitrogens with zero attached hydrogens (tertiary/aromatic N) is 1. The van der Waals surface area contributed by atoms with Crippen molar-refractivity contribution in [1.29, 1.82) is 0 Å². The van der Waals surface area contributed by atoms with E-state index in [4.69, 9.17) is 0 Å². The summed E-state index contributed by atoms with van der Waals surface area (Å²) in [5.41, 5.74) is 1.09. The van der Waals surface area contributed by atoms with Gasteiger partial charge in [0.15, 0.2) is 0 Å². The summed E-state index contributed by atoms with van der Waals surface area (Å²) in [5.74, 6) is -0.531. The molecule has 0 amide bonds. The maximum Gasteiger partial charge on any atom is 0.319 e. The van der Waals surface area contributed by atoms with Crippen LogP contribution >= 0.6 is 0 Å². The van der Waals surface area contributed by atoms with Gasteiger partial charge in [-0.1, -0.05) is 44.2 Å². The van der Waals surface area contributed by atoms with Crippen LogP contribution in [0.5, 0.6) is 0 Å². The van der Waals surface area contributed by atoms with Crippen LogP contribution in [0, 0.1) is 0 Å². The molecular formula is C16H25NO3S. The van der Waals surface area contributed by atoms with Crippen molar-refractivity contribution in [3.63, 3.8) is 0 Å². The lowest BCUT2D eigenvalue weighted by molar-refractivity contribution is -0.136. The number of carboxylic acids is 1. The third-order valence-corrected chi connectivity index (χ3v) is 5.29. The normalized spacial score (nSPS) is 14.0. The summed E-state index contributed by atoms with van der Waals surface area (Å²) < 4.78 is 12.2. The standard InChI is InChI=1S/C16H25NO3S/c1-3-17(4-2)12-13-21(20)15(16(18)19)11-10-14-8-6-5-7-9-14/h5-9,15H,3-4,10-13H2,1-2H3,(H,18,19). The molecule has 0 aliphatic heterocycles. The molecule has 1 aromatic carbocycles. The molecule has 0 radical (unpaired) electrons. The average Bonchev–Trinajstić information content (AvgIpc) is 2.49. The van der Waals surface area contributed by atoms with Gasteiger partial charge in [0.2, 0.25) is 0 Å². The van der Waals surface area contributed by atoms with Gasteiger partial charge in [-0.25, -0.2) is 0 Å². The van der Waals surface area contributed by atoms with Crippen molar-refractivity contribution in [2.45, 2.75) is 31.9 Å². The van der Waals surface area contributed by atoms with Gasteiger partial charge in [0.25, 0.3) is 0 Å². The van der Waals surface area contributed by atoms with Gasteiger partial charge < -0.3 is 10.0 Å². The minimum absolute atomic E-state index is 0.421. The Kier molecular flexibility index (Phi) is 8.23. The van der Waals surface area contributed by atoms with E-state index in [0.29, 0.717) is 25.1 Å². The van der Waals surface area contributed by atoms with E-state index >= 15 is 0 Å². The summed E-state index contributed by atoms with van der Waals surface area (Å²) in [4.78, 5) is 13.5. The van der Waals surface area contributed by atoms with Crippen LogP contribution in [0.2, 0.25) is 0 Å². The second-order valence-corrected chi connectivity index (χ2v) is 6.70. The third-order valence-electron chi connectivity index (χ3n) is 3.63. The Labute approximate surface area is 129 Å². The number of rotatable bonds is 10. The number of hydrogen-bond acceptors (Lipinski definition) is 3. The molecule has 0 aliphatic rings. The molecule has 0 bridgehead atoms. The molecule has 2 unspecified atom stereocenters. The molecule has 0 spiro atoms. The van der Waals surface area contributed by atoms with Crippen molar-refractivity contribution in [2.75, 3.05) is 25.4 Å². The lowest BCUT2D eigenvalue weighted by Crippen LogP contribution is -2.33. The first-order valence-electron chi connectivity index (χ1n) is 7.44. The highest BCUT2D eigenvalue weighted by molar-refractivity contribution is 7.86. The van der Waals surface area contributed by atoms with Gasteiger partial charge in [-0.05, 0) is 31.5 Å². The van der Waals surface area contributed by atoms with E-state index in [-0.39, 0.29) is 0 Å². The second kappa shape index (κ2) is 9.68. The molecule has 0 fully saturated rings. The van der Waals surface area contributed by atoms with Gasteiger partial charge in [0.05, 0.1) is 0 Å². The molecule has 2 atom stereocenters. The summed E-state index contributed by atoms with van der Waals surface area (Å²) in [6.07, 6.45) is 1.07. The molecule has 0 saturated heterocycles. The molecule has 0 saturated carbocycles. The van der Waals surface area contributed by atoms with Crippen LogP contribution < -0.4 is 0 Å². The fourth-order valence-corrected chi connectivity index (χ4v) is 3.54. The van der Waals surface area contributed by atoms with Gasteiger partial charge >= 0.3 is 5.97 Å². The first kappa shape index (κ1) is 17.9. The maximum atomic E-state index is 12.2. The summed E-state index contributed by atoms with van der Waals surface area (Å²) in [7, 11) is -1.33. The third kappa shape index (κ3) is 6.40. The molecule has 4 nitrogen and oxygen atoms in total. The fraction of sp³-hybridized carbons (Fsp3) is 0.562. The van der Waals surface area contributed by atoms with Crippen LogP contribution in [0.25, 0.3) is 0 Å². The Morgan fingerprint density at radius 3 is 2.38 bits per heavy atom. The predicted molar refractivity (Wildman–Crippen MR) is 87.0 cm³/mol. The van der Waals surface area contributed by atoms with Crippen LogP contribution in [-0.2, 0) is 22.0 Å². The SMILES string of the molecule is CCN(CC)CCS(=O)C(CCc1ccccc1)C(=O)O. The molecule has 0 aromatic heterocycles. The molecule has 21 heavy (non-hydrogen) atoms.